The molecule has 4 nitrogen and oxygen atoms in total. The molecule has 1 unspecified atom stereocenters. The van der Waals surface area contributed by atoms with E-state index in [4.69, 9.17) is 0 Å². The lowest BCUT2D eigenvalue weighted by atomic mass is 10.0. The first-order chi connectivity index (χ1) is 7.98. The van der Waals surface area contributed by atoms with E-state index < -0.39 is 0 Å². The van der Waals surface area contributed by atoms with Crippen LogP contribution in [0.25, 0.3) is 0 Å². The predicted molar refractivity (Wildman–Crippen MR) is 68.9 cm³/mol. The smallest absolute Gasteiger partial charge is 0.236 e. The lowest BCUT2D eigenvalue weighted by Crippen LogP contribution is -2.42. The molecule has 2 fully saturated rings. The van der Waals surface area contributed by atoms with Gasteiger partial charge in [0.1, 0.15) is 0 Å². The Morgan fingerprint density at radius 3 is 2.59 bits per heavy atom. The van der Waals surface area contributed by atoms with Crippen molar-refractivity contribution in [2.75, 3.05) is 33.2 Å². The summed E-state index contributed by atoms with van der Waals surface area (Å²) in [6.07, 6.45) is 3.47. The van der Waals surface area contributed by atoms with Crippen LogP contribution in [0.15, 0.2) is 0 Å². The first-order valence-electron chi connectivity index (χ1n) is 6.71. The summed E-state index contributed by atoms with van der Waals surface area (Å²) in [7, 11) is 2.07. The van der Waals surface area contributed by atoms with Crippen LogP contribution in [0.3, 0.4) is 0 Å². The largest absolute Gasteiger partial charge is 0.342 e. The van der Waals surface area contributed by atoms with Crippen molar-refractivity contribution in [1.29, 1.82) is 0 Å². The van der Waals surface area contributed by atoms with Crippen molar-refractivity contribution in [2.24, 2.45) is 0 Å². The number of rotatable bonds is 3. The summed E-state index contributed by atoms with van der Waals surface area (Å²) in [4.78, 5) is 16.3. The van der Waals surface area contributed by atoms with E-state index in [2.05, 4.69) is 31.1 Å². The van der Waals surface area contributed by atoms with Crippen LogP contribution in [-0.2, 0) is 4.79 Å². The molecule has 1 amide bonds. The standard InChI is InChI=1S/C13H25N3O/c1-13(2)8-11(9-14-13)15(3)10-12(17)16-6-4-5-7-16/h11,14H,4-10H2,1-3H3. The summed E-state index contributed by atoms with van der Waals surface area (Å²) >= 11 is 0. The van der Waals surface area contributed by atoms with Crippen LogP contribution in [0.1, 0.15) is 33.1 Å². The number of carbonyl (C=O) groups is 1. The second-order valence-electron chi connectivity index (χ2n) is 6.13. The molecule has 1 atom stereocenters. The molecule has 1 N–H and O–H groups in total. The number of nitrogens with zero attached hydrogens (tertiary/aromatic N) is 2. The molecule has 2 aliphatic rings. The first kappa shape index (κ1) is 12.8. The van der Waals surface area contributed by atoms with Gasteiger partial charge in [-0.15, -0.1) is 0 Å². The lowest BCUT2D eigenvalue weighted by molar-refractivity contribution is -0.131. The number of hydrogen-bond acceptors (Lipinski definition) is 3. The van der Waals surface area contributed by atoms with E-state index in [1.807, 2.05) is 4.90 Å². The molecule has 2 rings (SSSR count). The van der Waals surface area contributed by atoms with E-state index >= 15 is 0 Å². The predicted octanol–water partition coefficient (Wildman–Crippen LogP) is 0.681. The van der Waals surface area contributed by atoms with Gasteiger partial charge >= 0.3 is 0 Å². The lowest BCUT2D eigenvalue weighted by Gasteiger charge is -2.26. The highest BCUT2D eigenvalue weighted by Gasteiger charge is 2.33. The Kier molecular flexibility index (Phi) is 3.73. The summed E-state index contributed by atoms with van der Waals surface area (Å²) in [5.74, 6) is 0.301. The highest BCUT2D eigenvalue weighted by molar-refractivity contribution is 5.78. The number of likely N-dealkylation sites (tertiary alicyclic amines) is 1. The molecular formula is C13H25N3O. The van der Waals surface area contributed by atoms with Gasteiger partial charge in [-0.25, -0.2) is 0 Å². The van der Waals surface area contributed by atoms with Crippen molar-refractivity contribution >= 4 is 5.91 Å². The molecule has 17 heavy (non-hydrogen) atoms. The van der Waals surface area contributed by atoms with Crippen molar-refractivity contribution in [3.63, 3.8) is 0 Å². The highest BCUT2D eigenvalue weighted by atomic mass is 16.2. The number of amides is 1. The molecule has 0 aromatic heterocycles. The highest BCUT2D eigenvalue weighted by Crippen LogP contribution is 2.21. The monoisotopic (exact) mass is 239 g/mol. The molecule has 98 valence electrons. The molecule has 2 saturated heterocycles. The van der Waals surface area contributed by atoms with Crippen LogP contribution in [-0.4, -0.2) is 60.5 Å². The topological polar surface area (TPSA) is 35.6 Å². The summed E-state index contributed by atoms with van der Waals surface area (Å²) in [6, 6.07) is 0.497. The van der Waals surface area contributed by atoms with Crippen molar-refractivity contribution < 1.29 is 4.79 Å². The first-order valence-corrected chi connectivity index (χ1v) is 6.71. The fourth-order valence-corrected chi connectivity index (χ4v) is 2.85. The molecule has 2 heterocycles. The Balaban J connectivity index is 1.80. The minimum Gasteiger partial charge on any atom is -0.342 e. The second kappa shape index (κ2) is 4.94. The third kappa shape index (κ3) is 3.19. The Morgan fingerprint density at radius 2 is 2.06 bits per heavy atom. The van der Waals surface area contributed by atoms with Crippen LogP contribution >= 0.6 is 0 Å². The molecule has 0 aromatic rings. The van der Waals surface area contributed by atoms with Crippen molar-refractivity contribution in [2.45, 2.75) is 44.7 Å². The Labute approximate surface area is 104 Å². The quantitative estimate of drug-likeness (QED) is 0.787. The summed E-state index contributed by atoms with van der Waals surface area (Å²) in [5, 5.41) is 3.50. The summed E-state index contributed by atoms with van der Waals surface area (Å²) in [6.45, 7) is 7.94. The van der Waals surface area contributed by atoms with E-state index in [1.165, 1.54) is 12.8 Å². The van der Waals surface area contributed by atoms with E-state index in [0.717, 1.165) is 26.1 Å². The van der Waals surface area contributed by atoms with Crippen LogP contribution in [0.4, 0.5) is 0 Å². The molecule has 0 bridgehead atoms. The zero-order chi connectivity index (χ0) is 12.5. The zero-order valence-corrected chi connectivity index (χ0v) is 11.3. The van der Waals surface area contributed by atoms with Gasteiger partial charge in [0, 0.05) is 31.2 Å². The van der Waals surface area contributed by atoms with E-state index in [9.17, 15) is 4.79 Å². The van der Waals surface area contributed by atoms with Gasteiger partial charge in [0.2, 0.25) is 5.91 Å². The van der Waals surface area contributed by atoms with Gasteiger partial charge in [-0.05, 0) is 40.2 Å². The van der Waals surface area contributed by atoms with Gasteiger partial charge in [0.25, 0.3) is 0 Å². The van der Waals surface area contributed by atoms with Gasteiger partial charge in [-0.2, -0.15) is 0 Å². The van der Waals surface area contributed by atoms with Gasteiger partial charge < -0.3 is 10.2 Å². The van der Waals surface area contributed by atoms with Crippen LogP contribution in [0.5, 0.6) is 0 Å². The summed E-state index contributed by atoms with van der Waals surface area (Å²) < 4.78 is 0. The van der Waals surface area contributed by atoms with E-state index in [0.29, 0.717) is 18.5 Å². The van der Waals surface area contributed by atoms with Gasteiger partial charge in [-0.1, -0.05) is 0 Å². The minimum atomic E-state index is 0.218. The molecule has 0 radical (unpaired) electrons. The second-order valence-corrected chi connectivity index (χ2v) is 6.13. The average molecular weight is 239 g/mol. The van der Waals surface area contributed by atoms with E-state index in [1.54, 1.807) is 0 Å². The number of likely N-dealkylation sites (N-methyl/N-ethyl adjacent to an activating group) is 1. The zero-order valence-electron chi connectivity index (χ0n) is 11.3. The van der Waals surface area contributed by atoms with Crippen molar-refractivity contribution in [3.8, 4) is 0 Å². The number of hydrogen-bond donors (Lipinski definition) is 1. The fraction of sp³-hybridized carbons (Fsp3) is 0.923. The maximum absolute atomic E-state index is 12.0. The van der Waals surface area contributed by atoms with Crippen molar-refractivity contribution in [1.82, 2.24) is 15.1 Å². The Morgan fingerprint density at radius 1 is 1.41 bits per heavy atom. The van der Waals surface area contributed by atoms with Gasteiger partial charge in [0.15, 0.2) is 0 Å². The van der Waals surface area contributed by atoms with Gasteiger partial charge in [-0.3, -0.25) is 9.69 Å². The normalized spacial score (nSPS) is 28.0. The maximum Gasteiger partial charge on any atom is 0.236 e. The van der Waals surface area contributed by atoms with Crippen LogP contribution < -0.4 is 5.32 Å². The third-order valence-electron chi connectivity index (χ3n) is 4.03. The molecule has 0 saturated carbocycles. The fourth-order valence-electron chi connectivity index (χ4n) is 2.85. The van der Waals surface area contributed by atoms with Crippen molar-refractivity contribution in [3.05, 3.63) is 0 Å². The van der Waals surface area contributed by atoms with Crippen LogP contribution in [0, 0.1) is 0 Å². The number of nitrogens with one attached hydrogen (secondary N) is 1. The molecule has 0 aromatic carbocycles. The minimum absolute atomic E-state index is 0.218. The number of carbonyl (C=O) groups excluding carboxylic acids is 1. The van der Waals surface area contributed by atoms with Gasteiger partial charge in [0.05, 0.1) is 6.54 Å². The molecule has 4 heteroatoms. The van der Waals surface area contributed by atoms with E-state index in [-0.39, 0.29) is 5.54 Å². The van der Waals surface area contributed by atoms with Crippen LogP contribution in [0.2, 0.25) is 0 Å². The average Bonchev–Trinajstić information content (AvgIpc) is 2.86. The summed E-state index contributed by atoms with van der Waals surface area (Å²) in [5.41, 5.74) is 0.218. The molecule has 0 spiro atoms. The maximum atomic E-state index is 12.0. The molecular weight excluding hydrogens is 214 g/mol. The Bertz CT molecular complexity index is 284. The third-order valence-corrected chi connectivity index (χ3v) is 4.03. The Hall–Kier alpha value is -0.610. The SMILES string of the molecule is CN(CC(=O)N1CCCC1)C1CNC(C)(C)C1. The molecule has 0 aliphatic carbocycles. The molecule has 2 aliphatic heterocycles.